The van der Waals surface area contributed by atoms with E-state index in [1.54, 1.807) is 13.8 Å². The van der Waals surface area contributed by atoms with Gasteiger partial charge in [-0.05, 0) is 52.4 Å². The third-order valence-corrected chi connectivity index (χ3v) is 3.49. The van der Waals surface area contributed by atoms with Gasteiger partial charge in [-0.2, -0.15) is 0 Å². The molecular weight excluding hydrogens is 228 g/mol. The van der Waals surface area contributed by atoms with Gasteiger partial charge in [0.1, 0.15) is 5.75 Å². The first-order valence-electron chi connectivity index (χ1n) is 6.10. The monoisotopic (exact) mass is 248 g/mol. The summed E-state index contributed by atoms with van der Waals surface area (Å²) in [7, 11) is 1.92. The Morgan fingerprint density at radius 3 is 2.61 bits per heavy atom. The van der Waals surface area contributed by atoms with Gasteiger partial charge in [0.15, 0.2) is 5.60 Å². The first-order valence-corrected chi connectivity index (χ1v) is 6.10. The Hall–Kier alpha value is -1.55. The lowest BCUT2D eigenvalue weighted by Gasteiger charge is -2.33. The predicted octanol–water partition coefficient (Wildman–Crippen LogP) is 2.25. The minimum Gasteiger partial charge on any atom is -0.476 e. The Morgan fingerprint density at radius 2 is 2.00 bits per heavy atom. The number of rotatable bonds is 2. The van der Waals surface area contributed by atoms with Gasteiger partial charge < -0.3 is 15.4 Å². The lowest BCUT2D eigenvalue weighted by atomic mass is 9.93. The van der Waals surface area contributed by atoms with Crippen LogP contribution in [0.2, 0.25) is 0 Å². The van der Waals surface area contributed by atoms with E-state index in [1.807, 2.05) is 25.2 Å². The number of carbonyl (C=O) groups excluding carboxylic acids is 1. The van der Waals surface area contributed by atoms with Crippen LogP contribution >= 0.6 is 0 Å². The molecule has 0 fully saturated rings. The van der Waals surface area contributed by atoms with Crippen LogP contribution < -0.4 is 15.4 Å². The molecule has 1 aromatic carbocycles. The summed E-state index contributed by atoms with van der Waals surface area (Å²) in [5.74, 6) is 0.607. The number of ether oxygens (including phenoxy) is 1. The van der Waals surface area contributed by atoms with Crippen molar-refractivity contribution < 1.29 is 9.53 Å². The van der Waals surface area contributed by atoms with Gasteiger partial charge >= 0.3 is 0 Å². The SMILES string of the molecule is CNC(C)(C)c1ccc2c(c1)OC(C)(C)C(=O)N2. The van der Waals surface area contributed by atoms with Crippen LogP contribution in [0.15, 0.2) is 18.2 Å². The first-order chi connectivity index (χ1) is 8.26. The smallest absolute Gasteiger partial charge is 0.268 e. The quantitative estimate of drug-likeness (QED) is 0.844. The molecule has 0 unspecified atom stereocenters. The molecule has 4 heteroatoms. The van der Waals surface area contributed by atoms with E-state index < -0.39 is 5.60 Å². The van der Waals surface area contributed by atoms with Gasteiger partial charge in [0.05, 0.1) is 5.69 Å². The molecule has 0 spiro atoms. The summed E-state index contributed by atoms with van der Waals surface area (Å²) in [6.07, 6.45) is 0. The number of carbonyl (C=O) groups is 1. The summed E-state index contributed by atoms with van der Waals surface area (Å²) in [4.78, 5) is 11.8. The molecule has 1 aromatic rings. The van der Waals surface area contributed by atoms with Crippen molar-refractivity contribution in [2.75, 3.05) is 12.4 Å². The zero-order valence-corrected chi connectivity index (χ0v) is 11.5. The van der Waals surface area contributed by atoms with Crippen molar-refractivity contribution in [1.29, 1.82) is 0 Å². The zero-order chi connectivity index (χ0) is 13.6. The normalized spacial score (nSPS) is 17.7. The van der Waals surface area contributed by atoms with E-state index in [0.717, 1.165) is 17.0 Å². The maximum absolute atomic E-state index is 11.8. The van der Waals surface area contributed by atoms with Crippen molar-refractivity contribution in [2.45, 2.75) is 38.8 Å². The summed E-state index contributed by atoms with van der Waals surface area (Å²) in [5, 5.41) is 6.11. The lowest BCUT2D eigenvalue weighted by molar-refractivity contribution is -0.129. The molecule has 0 aliphatic carbocycles. The lowest BCUT2D eigenvalue weighted by Crippen LogP contribution is -2.45. The van der Waals surface area contributed by atoms with Crippen LogP contribution in [0.25, 0.3) is 0 Å². The fourth-order valence-corrected chi connectivity index (χ4v) is 1.84. The number of benzene rings is 1. The Balaban J connectivity index is 2.43. The summed E-state index contributed by atoms with van der Waals surface area (Å²) < 4.78 is 5.77. The Kier molecular flexibility index (Phi) is 2.86. The van der Waals surface area contributed by atoms with E-state index in [0.29, 0.717) is 0 Å². The van der Waals surface area contributed by atoms with Gasteiger partial charge in [-0.3, -0.25) is 4.79 Å². The highest BCUT2D eigenvalue weighted by Gasteiger charge is 2.35. The second-order valence-electron chi connectivity index (χ2n) is 5.65. The van der Waals surface area contributed by atoms with Crippen molar-refractivity contribution >= 4 is 11.6 Å². The van der Waals surface area contributed by atoms with Gasteiger partial charge in [-0.1, -0.05) is 6.07 Å². The first kappa shape index (κ1) is 12.9. The van der Waals surface area contributed by atoms with Crippen molar-refractivity contribution in [3.63, 3.8) is 0 Å². The maximum atomic E-state index is 11.8. The second kappa shape index (κ2) is 3.99. The van der Waals surface area contributed by atoms with Crippen LogP contribution in [-0.2, 0) is 10.3 Å². The fourth-order valence-electron chi connectivity index (χ4n) is 1.84. The maximum Gasteiger partial charge on any atom is 0.268 e. The number of hydrogen-bond acceptors (Lipinski definition) is 3. The van der Waals surface area contributed by atoms with Crippen molar-refractivity contribution in [3.8, 4) is 5.75 Å². The van der Waals surface area contributed by atoms with Gasteiger partial charge in [0.2, 0.25) is 0 Å². The molecule has 1 amide bonds. The largest absolute Gasteiger partial charge is 0.476 e. The minimum atomic E-state index is -0.824. The van der Waals surface area contributed by atoms with E-state index in [-0.39, 0.29) is 11.4 Å². The fraction of sp³-hybridized carbons (Fsp3) is 0.500. The number of hydrogen-bond donors (Lipinski definition) is 2. The Labute approximate surface area is 108 Å². The molecule has 18 heavy (non-hydrogen) atoms. The average Bonchev–Trinajstić information content (AvgIpc) is 2.29. The van der Waals surface area contributed by atoms with Crippen LogP contribution in [-0.4, -0.2) is 18.6 Å². The molecule has 98 valence electrons. The highest BCUT2D eigenvalue weighted by atomic mass is 16.5. The predicted molar refractivity (Wildman–Crippen MR) is 71.9 cm³/mol. The Bertz CT molecular complexity index is 493. The molecule has 0 atom stereocenters. The molecule has 1 aliphatic heterocycles. The third kappa shape index (κ3) is 2.08. The van der Waals surface area contributed by atoms with E-state index in [1.165, 1.54) is 0 Å². The van der Waals surface area contributed by atoms with Gasteiger partial charge in [-0.15, -0.1) is 0 Å². The molecule has 2 rings (SSSR count). The number of anilines is 1. The molecule has 0 aromatic heterocycles. The van der Waals surface area contributed by atoms with Crippen molar-refractivity contribution in [2.24, 2.45) is 0 Å². The van der Waals surface area contributed by atoms with Crippen LogP contribution in [0.5, 0.6) is 5.75 Å². The molecule has 0 saturated carbocycles. The molecule has 0 bridgehead atoms. The van der Waals surface area contributed by atoms with Gasteiger partial charge in [0.25, 0.3) is 5.91 Å². The third-order valence-electron chi connectivity index (χ3n) is 3.49. The topological polar surface area (TPSA) is 50.4 Å². The zero-order valence-electron chi connectivity index (χ0n) is 11.5. The standard InChI is InChI=1S/C14H20N2O2/c1-13(2,15-5)9-6-7-10-11(8-9)18-14(3,4)12(17)16-10/h6-8,15H,1-5H3,(H,16,17). The second-order valence-corrected chi connectivity index (χ2v) is 5.65. The van der Waals surface area contributed by atoms with E-state index in [2.05, 4.69) is 24.5 Å². The minimum absolute atomic E-state index is 0.115. The molecule has 4 nitrogen and oxygen atoms in total. The highest BCUT2D eigenvalue weighted by molar-refractivity contribution is 6.00. The Morgan fingerprint density at radius 1 is 1.33 bits per heavy atom. The molecular formula is C14H20N2O2. The summed E-state index contributed by atoms with van der Waals surface area (Å²) in [5.41, 5.74) is 0.894. The van der Waals surface area contributed by atoms with Crippen molar-refractivity contribution in [3.05, 3.63) is 23.8 Å². The highest BCUT2D eigenvalue weighted by Crippen LogP contribution is 2.36. The number of nitrogens with one attached hydrogen (secondary N) is 2. The van der Waals surface area contributed by atoms with E-state index in [4.69, 9.17) is 4.74 Å². The molecule has 1 heterocycles. The average molecular weight is 248 g/mol. The molecule has 1 aliphatic rings. The van der Waals surface area contributed by atoms with E-state index >= 15 is 0 Å². The summed E-state index contributed by atoms with van der Waals surface area (Å²) in [6, 6.07) is 5.86. The van der Waals surface area contributed by atoms with Gasteiger partial charge in [0, 0.05) is 5.54 Å². The van der Waals surface area contributed by atoms with Crippen LogP contribution in [0.3, 0.4) is 0 Å². The summed E-state index contributed by atoms with van der Waals surface area (Å²) >= 11 is 0. The van der Waals surface area contributed by atoms with Crippen LogP contribution in [0, 0.1) is 0 Å². The van der Waals surface area contributed by atoms with Gasteiger partial charge in [-0.25, -0.2) is 0 Å². The van der Waals surface area contributed by atoms with Crippen molar-refractivity contribution in [1.82, 2.24) is 5.32 Å². The summed E-state index contributed by atoms with van der Waals surface area (Å²) in [6.45, 7) is 7.73. The molecule has 0 saturated heterocycles. The molecule has 0 radical (unpaired) electrons. The number of fused-ring (bicyclic) bond motifs is 1. The van der Waals surface area contributed by atoms with Crippen LogP contribution in [0.4, 0.5) is 5.69 Å². The molecule has 2 N–H and O–H groups in total. The van der Waals surface area contributed by atoms with Crippen LogP contribution in [0.1, 0.15) is 33.3 Å². The number of amides is 1. The van der Waals surface area contributed by atoms with E-state index in [9.17, 15) is 4.79 Å².